The van der Waals surface area contributed by atoms with Crippen molar-refractivity contribution in [3.63, 3.8) is 0 Å². The Balaban J connectivity index is 1.72. The molecule has 0 atom stereocenters. The number of phenols is 1. The van der Waals surface area contributed by atoms with Gasteiger partial charge in [0.25, 0.3) is 0 Å². The third-order valence-electron chi connectivity index (χ3n) is 4.00. The zero-order valence-corrected chi connectivity index (χ0v) is 14.2. The molecular weight excluding hydrogens is 343 g/mol. The molecule has 0 aliphatic heterocycles. The van der Waals surface area contributed by atoms with E-state index in [4.69, 9.17) is 0 Å². The van der Waals surface area contributed by atoms with Crippen molar-refractivity contribution < 1.29 is 9.50 Å². The fraction of sp³-hybridized carbons (Fsp3) is 0. The first-order chi connectivity index (χ1) is 13.2. The van der Waals surface area contributed by atoms with E-state index in [0.29, 0.717) is 17.2 Å². The molecule has 0 saturated heterocycles. The number of rotatable bonds is 4. The van der Waals surface area contributed by atoms with E-state index in [-0.39, 0.29) is 11.6 Å². The van der Waals surface area contributed by atoms with Gasteiger partial charge in [0.05, 0.1) is 17.3 Å². The van der Waals surface area contributed by atoms with E-state index in [1.807, 2.05) is 30.3 Å². The van der Waals surface area contributed by atoms with E-state index in [1.165, 1.54) is 12.1 Å². The predicted molar refractivity (Wildman–Crippen MR) is 104 cm³/mol. The minimum atomic E-state index is -0.297. The molecular formula is C21H15FN4O. The molecule has 0 saturated carbocycles. The lowest BCUT2D eigenvalue weighted by atomic mass is 10.1. The topological polar surface area (TPSA) is 70.4 Å². The lowest BCUT2D eigenvalue weighted by Gasteiger charge is -2.09. The van der Waals surface area contributed by atoms with Crippen LogP contribution in [0.2, 0.25) is 0 Å². The lowest BCUT2D eigenvalue weighted by molar-refractivity contribution is 0.477. The molecule has 5 nitrogen and oxygen atoms in total. The van der Waals surface area contributed by atoms with Crippen LogP contribution in [0.4, 0.5) is 10.2 Å². The van der Waals surface area contributed by atoms with Gasteiger partial charge in [-0.1, -0.05) is 36.4 Å². The normalized spacial score (nSPS) is 11.1. The van der Waals surface area contributed by atoms with Gasteiger partial charge >= 0.3 is 0 Å². The predicted octanol–water partition coefficient (Wildman–Crippen LogP) is 4.59. The highest BCUT2D eigenvalue weighted by Gasteiger charge is 2.11. The van der Waals surface area contributed by atoms with Gasteiger partial charge in [0.2, 0.25) is 0 Å². The van der Waals surface area contributed by atoms with Crippen LogP contribution in [0.5, 0.6) is 5.75 Å². The fourth-order valence-corrected chi connectivity index (χ4v) is 2.66. The molecule has 0 aliphatic rings. The Hall–Kier alpha value is -3.80. The number of aromatic nitrogens is 2. The van der Waals surface area contributed by atoms with Crippen LogP contribution >= 0.6 is 0 Å². The highest BCUT2D eigenvalue weighted by Crippen LogP contribution is 2.29. The van der Waals surface area contributed by atoms with Gasteiger partial charge in [-0.15, -0.1) is 0 Å². The quantitative estimate of drug-likeness (QED) is 0.414. The SMILES string of the molecule is Oc1ccccc1-c1nc(N/N=C\c2ccc(F)cc2)c2ccccc2n1. The van der Waals surface area contributed by atoms with Crippen molar-refractivity contribution in [3.05, 3.63) is 84.2 Å². The summed E-state index contributed by atoms with van der Waals surface area (Å²) in [5.41, 5.74) is 4.94. The maximum Gasteiger partial charge on any atom is 0.165 e. The lowest BCUT2D eigenvalue weighted by Crippen LogP contribution is -1.99. The zero-order chi connectivity index (χ0) is 18.6. The highest BCUT2D eigenvalue weighted by atomic mass is 19.1. The summed E-state index contributed by atoms with van der Waals surface area (Å²) in [6, 6.07) is 20.4. The van der Waals surface area contributed by atoms with Gasteiger partial charge in [0, 0.05) is 5.39 Å². The second-order valence-corrected chi connectivity index (χ2v) is 5.85. The van der Waals surface area contributed by atoms with Crippen molar-refractivity contribution in [3.8, 4) is 17.1 Å². The Labute approximate surface area is 154 Å². The molecule has 0 amide bonds. The molecule has 2 N–H and O–H groups in total. The summed E-state index contributed by atoms with van der Waals surface area (Å²) < 4.78 is 13.0. The first-order valence-electron chi connectivity index (χ1n) is 8.30. The number of anilines is 1. The minimum Gasteiger partial charge on any atom is -0.507 e. The van der Waals surface area contributed by atoms with Gasteiger partial charge in [0.15, 0.2) is 11.6 Å². The molecule has 1 heterocycles. The number of hydrogen-bond acceptors (Lipinski definition) is 5. The van der Waals surface area contributed by atoms with E-state index in [9.17, 15) is 9.50 Å². The third-order valence-corrected chi connectivity index (χ3v) is 4.00. The first kappa shape index (κ1) is 16.7. The van der Waals surface area contributed by atoms with E-state index >= 15 is 0 Å². The Morgan fingerprint density at radius 2 is 1.63 bits per heavy atom. The number of benzene rings is 3. The minimum absolute atomic E-state index is 0.105. The first-order valence-corrected chi connectivity index (χ1v) is 8.30. The monoisotopic (exact) mass is 358 g/mol. The second kappa shape index (κ2) is 7.21. The number of nitrogens with zero attached hydrogens (tertiary/aromatic N) is 3. The summed E-state index contributed by atoms with van der Waals surface area (Å²) >= 11 is 0. The van der Waals surface area contributed by atoms with E-state index in [0.717, 1.165) is 16.5 Å². The van der Waals surface area contributed by atoms with Crippen LogP contribution in [0.15, 0.2) is 77.9 Å². The molecule has 4 aromatic rings. The number of halogens is 1. The maximum atomic E-state index is 13.0. The van der Waals surface area contributed by atoms with Crippen LogP contribution in [0.3, 0.4) is 0 Å². The number of aromatic hydroxyl groups is 1. The van der Waals surface area contributed by atoms with E-state index < -0.39 is 0 Å². The molecule has 1 aromatic heterocycles. The summed E-state index contributed by atoms with van der Waals surface area (Å²) in [7, 11) is 0. The zero-order valence-electron chi connectivity index (χ0n) is 14.2. The van der Waals surface area contributed by atoms with Gasteiger partial charge in [0.1, 0.15) is 11.6 Å². The fourth-order valence-electron chi connectivity index (χ4n) is 2.66. The average molecular weight is 358 g/mol. The van der Waals surface area contributed by atoms with Crippen molar-refractivity contribution in [1.29, 1.82) is 0 Å². The third kappa shape index (κ3) is 3.59. The van der Waals surface area contributed by atoms with Crippen molar-refractivity contribution >= 4 is 22.9 Å². The van der Waals surface area contributed by atoms with E-state index in [1.54, 1.807) is 36.5 Å². The largest absolute Gasteiger partial charge is 0.507 e. The molecule has 0 unspecified atom stereocenters. The van der Waals surface area contributed by atoms with Gasteiger partial charge in [-0.25, -0.2) is 14.4 Å². The summed E-state index contributed by atoms with van der Waals surface area (Å²) in [6.45, 7) is 0. The van der Waals surface area contributed by atoms with Crippen LogP contribution in [-0.4, -0.2) is 21.3 Å². The summed E-state index contributed by atoms with van der Waals surface area (Å²) in [4.78, 5) is 9.06. The van der Waals surface area contributed by atoms with Gasteiger partial charge in [-0.05, 0) is 42.0 Å². The van der Waals surface area contributed by atoms with Gasteiger partial charge in [-0.3, -0.25) is 5.43 Å². The van der Waals surface area contributed by atoms with Gasteiger partial charge < -0.3 is 5.11 Å². The van der Waals surface area contributed by atoms with Crippen LogP contribution in [0.1, 0.15) is 5.56 Å². The Morgan fingerprint density at radius 1 is 0.889 bits per heavy atom. The number of para-hydroxylation sites is 2. The molecule has 0 bridgehead atoms. The smallest absolute Gasteiger partial charge is 0.165 e. The van der Waals surface area contributed by atoms with Crippen molar-refractivity contribution in [2.45, 2.75) is 0 Å². The maximum absolute atomic E-state index is 13.0. The second-order valence-electron chi connectivity index (χ2n) is 5.85. The van der Waals surface area contributed by atoms with Crippen LogP contribution in [0.25, 0.3) is 22.3 Å². The standard InChI is InChI=1S/C21H15FN4O/c22-15-11-9-14(10-12-15)13-23-26-21-16-5-1-3-7-18(16)24-20(25-21)17-6-2-4-8-19(17)27/h1-13,27H,(H,24,25,26)/b23-13-. The Kier molecular flexibility index (Phi) is 4.45. The van der Waals surface area contributed by atoms with Crippen LogP contribution < -0.4 is 5.43 Å². The molecule has 27 heavy (non-hydrogen) atoms. The molecule has 6 heteroatoms. The number of nitrogens with one attached hydrogen (secondary N) is 1. The van der Waals surface area contributed by atoms with E-state index in [2.05, 4.69) is 20.5 Å². The van der Waals surface area contributed by atoms with Crippen molar-refractivity contribution in [2.75, 3.05) is 5.43 Å². The average Bonchev–Trinajstić information content (AvgIpc) is 2.69. The summed E-state index contributed by atoms with van der Waals surface area (Å²) in [5.74, 6) is 0.714. The van der Waals surface area contributed by atoms with Crippen molar-refractivity contribution in [2.24, 2.45) is 5.10 Å². The Morgan fingerprint density at radius 3 is 2.44 bits per heavy atom. The molecule has 0 aliphatic carbocycles. The van der Waals surface area contributed by atoms with Crippen LogP contribution in [0, 0.1) is 5.82 Å². The number of fused-ring (bicyclic) bond motifs is 1. The molecule has 0 radical (unpaired) electrons. The van der Waals surface area contributed by atoms with Crippen molar-refractivity contribution in [1.82, 2.24) is 9.97 Å². The molecule has 0 fully saturated rings. The molecule has 3 aromatic carbocycles. The molecule has 0 spiro atoms. The Bertz CT molecular complexity index is 1130. The number of hydrogen-bond donors (Lipinski definition) is 2. The highest BCUT2D eigenvalue weighted by molar-refractivity contribution is 5.91. The molecule has 4 rings (SSSR count). The van der Waals surface area contributed by atoms with Crippen LogP contribution in [-0.2, 0) is 0 Å². The van der Waals surface area contributed by atoms with Gasteiger partial charge in [-0.2, -0.15) is 5.10 Å². The number of phenolic OH excluding ortho intramolecular Hbond substituents is 1. The molecule has 132 valence electrons. The number of hydrazone groups is 1. The summed E-state index contributed by atoms with van der Waals surface area (Å²) in [5, 5.41) is 15.1. The summed E-state index contributed by atoms with van der Waals surface area (Å²) in [6.07, 6.45) is 1.58.